The predicted molar refractivity (Wildman–Crippen MR) is 69.1 cm³/mol. The standard InChI is InChI=1S/C11H19N3O4S/c1-7(2)5-9(11(15)16)13-19(17,18)10-6-12-14(4)8(10)3/h6-7,9,13H,5H2,1-4H3,(H,15,16). The first-order valence-electron chi connectivity index (χ1n) is 5.89. The van der Waals surface area contributed by atoms with Crippen molar-refractivity contribution >= 4 is 16.0 Å². The molecule has 1 unspecified atom stereocenters. The summed E-state index contributed by atoms with van der Waals surface area (Å²) in [5.41, 5.74) is 0.459. The van der Waals surface area contributed by atoms with Crippen molar-refractivity contribution in [3.05, 3.63) is 11.9 Å². The van der Waals surface area contributed by atoms with Gasteiger partial charge in [-0.25, -0.2) is 8.42 Å². The molecule has 0 radical (unpaired) electrons. The summed E-state index contributed by atoms with van der Waals surface area (Å²) in [5.74, 6) is -1.11. The minimum atomic E-state index is -3.87. The van der Waals surface area contributed by atoms with E-state index in [0.717, 1.165) is 0 Å². The van der Waals surface area contributed by atoms with Crippen LogP contribution in [-0.2, 0) is 21.9 Å². The first kappa shape index (κ1) is 15.6. The highest BCUT2D eigenvalue weighted by molar-refractivity contribution is 7.89. The maximum Gasteiger partial charge on any atom is 0.321 e. The molecular formula is C11H19N3O4S. The molecule has 0 aliphatic heterocycles. The van der Waals surface area contributed by atoms with Gasteiger partial charge in [-0.05, 0) is 19.3 Å². The van der Waals surface area contributed by atoms with Crippen molar-refractivity contribution in [3.8, 4) is 0 Å². The summed E-state index contributed by atoms with van der Waals surface area (Å²) in [4.78, 5) is 11.1. The lowest BCUT2D eigenvalue weighted by Crippen LogP contribution is -2.41. The van der Waals surface area contributed by atoms with Crippen LogP contribution < -0.4 is 4.72 Å². The van der Waals surface area contributed by atoms with Crippen molar-refractivity contribution in [2.45, 2.75) is 38.1 Å². The molecule has 2 N–H and O–H groups in total. The monoisotopic (exact) mass is 289 g/mol. The van der Waals surface area contributed by atoms with Gasteiger partial charge in [0.1, 0.15) is 10.9 Å². The molecule has 8 heteroatoms. The minimum absolute atomic E-state index is 0.00464. The molecule has 0 aromatic carbocycles. The topological polar surface area (TPSA) is 101 Å². The molecule has 108 valence electrons. The average molecular weight is 289 g/mol. The molecule has 7 nitrogen and oxygen atoms in total. The highest BCUT2D eigenvalue weighted by Gasteiger charge is 2.28. The molecule has 0 aliphatic rings. The van der Waals surface area contributed by atoms with Crippen LogP contribution in [0.3, 0.4) is 0 Å². The lowest BCUT2D eigenvalue weighted by Gasteiger charge is -2.16. The lowest BCUT2D eigenvalue weighted by molar-refractivity contribution is -0.139. The first-order chi connectivity index (χ1) is 8.65. The summed E-state index contributed by atoms with van der Waals surface area (Å²) >= 11 is 0. The summed E-state index contributed by atoms with van der Waals surface area (Å²) in [7, 11) is -2.25. The molecule has 1 heterocycles. The zero-order chi connectivity index (χ0) is 14.8. The number of aromatic nitrogens is 2. The highest BCUT2D eigenvalue weighted by atomic mass is 32.2. The highest BCUT2D eigenvalue weighted by Crippen LogP contribution is 2.15. The van der Waals surface area contributed by atoms with E-state index in [2.05, 4.69) is 9.82 Å². The third-order valence-corrected chi connectivity index (χ3v) is 4.36. The Morgan fingerprint density at radius 2 is 2.11 bits per heavy atom. The SMILES string of the molecule is Cc1c(S(=O)(=O)NC(CC(C)C)C(=O)O)cnn1C. The molecule has 0 aliphatic carbocycles. The van der Waals surface area contributed by atoms with E-state index in [4.69, 9.17) is 5.11 Å². The van der Waals surface area contributed by atoms with E-state index in [1.165, 1.54) is 10.9 Å². The van der Waals surface area contributed by atoms with Gasteiger partial charge in [-0.2, -0.15) is 9.82 Å². The average Bonchev–Trinajstić information content (AvgIpc) is 2.58. The smallest absolute Gasteiger partial charge is 0.321 e. The van der Waals surface area contributed by atoms with E-state index in [9.17, 15) is 13.2 Å². The quantitative estimate of drug-likeness (QED) is 0.794. The molecule has 0 spiro atoms. The van der Waals surface area contributed by atoms with Crippen LogP contribution in [0.5, 0.6) is 0 Å². The number of aryl methyl sites for hydroxylation is 1. The van der Waals surface area contributed by atoms with E-state index >= 15 is 0 Å². The number of hydrogen-bond donors (Lipinski definition) is 2. The number of carboxylic acids is 1. The third-order valence-electron chi connectivity index (χ3n) is 2.78. The Bertz CT molecular complexity index is 562. The Kier molecular flexibility index (Phi) is 4.70. The summed E-state index contributed by atoms with van der Waals surface area (Å²) in [5, 5.41) is 12.9. The number of nitrogens with one attached hydrogen (secondary N) is 1. The van der Waals surface area contributed by atoms with Crippen LogP contribution in [0, 0.1) is 12.8 Å². The Labute approximate surface area is 112 Å². The van der Waals surface area contributed by atoms with Crippen molar-refractivity contribution in [2.24, 2.45) is 13.0 Å². The maximum atomic E-state index is 12.1. The molecule has 1 atom stereocenters. The van der Waals surface area contributed by atoms with Crippen molar-refractivity contribution in [2.75, 3.05) is 0 Å². The van der Waals surface area contributed by atoms with Gasteiger partial charge < -0.3 is 5.11 Å². The van der Waals surface area contributed by atoms with Gasteiger partial charge in [0.05, 0.1) is 11.9 Å². The van der Waals surface area contributed by atoms with Gasteiger partial charge >= 0.3 is 5.97 Å². The van der Waals surface area contributed by atoms with Gasteiger partial charge in [-0.1, -0.05) is 13.8 Å². The Hall–Kier alpha value is -1.41. The second-order valence-electron chi connectivity index (χ2n) is 4.86. The third kappa shape index (κ3) is 3.77. The van der Waals surface area contributed by atoms with Gasteiger partial charge in [0.25, 0.3) is 0 Å². The van der Waals surface area contributed by atoms with Crippen molar-refractivity contribution < 1.29 is 18.3 Å². The second kappa shape index (κ2) is 5.70. The van der Waals surface area contributed by atoms with Gasteiger partial charge in [0.15, 0.2) is 0 Å². The molecule has 1 aromatic rings. The molecule has 0 fully saturated rings. The van der Waals surface area contributed by atoms with Gasteiger partial charge in [0, 0.05) is 7.05 Å². The first-order valence-corrected chi connectivity index (χ1v) is 7.37. The van der Waals surface area contributed by atoms with Crippen LogP contribution in [0.2, 0.25) is 0 Å². The zero-order valence-corrected chi connectivity index (χ0v) is 12.2. The van der Waals surface area contributed by atoms with E-state index < -0.39 is 22.0 Å². The van der Waals surface area contributed by atoms with Crippen molar-refractivity contribution in [1.29, 1.82) is 0 Å². The number of nitrogens with zero attached hydrogens (tertiary/aromatic N) is 2. The minimum Gasteiger partial charge on any atom is -0.480 e. The van der Waals surface area contributed by atoms with Crippen molar-refractivity contribution in [3.63, 3.8) is 0 Å². The van der Waals surface area contributed by atoms with E-state index in [1.54, 1.807) is 14.0 Å². The molecular weight excluding hydrogens is 270 g/mol. The van der Waals surface area contributed by atoms with Crippen LogP contribution in [0.25, 0.3) is 0 Å². The zero-order valence-electron chi connectivity index (χ0n) is 11.4. The van der Waals surface area contributed by atoms with E-state index in [1.807, 2.05) is 13.8 Å². The van der Waals surface area contributed by atoms with Crippen molar-refractivity contribution in [1.82, 2.24) is 14.5 Å². The van der Waals surface area contributed by atoms with Gasteiger partial charge in [0.2, 0.25) is 10.0 Å². The van der Waals surface area contributed by atoms with Crippen LogP contribution in [0.4, 0.5) is 0 Å². The number of carboxylic acid groups (broad SMARTS) is 1. The molecule has 0 saturated carbocycles. The summed E-state index contributed by atoms with van der Waals surface area (Å²) in [6.45, 7) is 5.28. The maximum absolute atomic E-state index is 12.1. The summed E-state index contributed by atoms with van der Waals surface area (Å²) in [6, 6.07) is -1.13. The normalized spacial score (nSPS) is 13.7. The molecule has 0 amide bonds. The fraction of sp³-hybridized carbons (Fsp3) is 0.636. The van der Waals surface area contributed by atoms with Crippen LogP contribution in [0.1, 0.15) is 26.0 Å². The molecule has 0 saturated heterocycles. The Morgan fingerprint density at radius 1 is 1.53 bits per heavy atom. The number of hydrogen-bond acceptors (Lipinski definition) is 4. The number of aliphatic carboxylic acids is 1. The largest absolute Gasteiger partial charge is 0.480 e. The van der Waals surface area contributed by atoms with Gasteiger partial charge in [-0.3, -0.25) is 9.48 Å². The van der Waals surface area contributed by atoms with Crippen LogP contribution >= 0.6 is 0 Å². The predicted octanol–water partition coefficient (Wildman–Crippen LogP) is 0.506. The molecule has 1 aromatic heterocycles. The Balaban J connectivity index is 3.01. The summed E-state index contributed by atoms with van der Waals surface area (Å²) in [6.07, 6.45) is 1.44. The van der Waals surface area contributed by atoms with Crippen LogP contribution in [0.15, 0.2) is 11.1 Å². The van der Waals surface area contributed by atoms with Crippen LogP contribution in [-0.4, -0.2) is 35.3 Å². The lowest BCUT2D eigenvalue weighted by atomic mass is 10.1. The second-order valence-corrected chi connectivity index (χ2v) is 6.54. The molecule has 0 bridgehead atoms. The number of rotatable bonds is 6. The summed E-state index contributed by atoms with van der Waals surface area (Å²) < 4.78 is 27.9. The molecule has 19 heavy (non-hydrogen) atoms. The van der Waals surface area contributed by atoms with E-state index in [0.29, 0.717) is 5.69 Å². The fourth-order valence-electron chi connectivity index (χ4n) is 1.66. The number of sulfonamides is 1. The molecule has 1 rings (SSSR count). The van der Waals surface area contributed by atoms with E-state index in [-0.39, 0.29) is 17.2 Å². The number of carbonyl (C=O) groups is 1. The Morgan fingerprint density at radius 3 is 2.47 bits per heavy atom. The van der Waals surface area contributed by atoms with Gasteiger partial charge in [-0.15, -0.1) is 0 Å². The fourth-order valence-corrected chi connectivity index (χ4v) is 3.07.